The fourth-order valence-corrected chi connectivity index (χ4v) is 8.67. The molecule has 0 radical (unpaired) electrons. The lowest BCUT2D eigenvalue weighted by Crippen LogP contribution is -2.62. The van der Waals surface area contributed by atoms with Crippen molar-refractivity contribution >= 4 is 17.5 Å². The zero-order valence-electron chi connectivity index (χ0n) is 29.6. The Balaban J connectivity index is 1.48. The van der Waals surface area contributed by atoms with E-state index in [9.17, 15) is 30.0 Å². The third-order valence-corrected chi connectivity index (χ3v) is 11.5. The monoisotopic (exact) mass is 682 g/mol. The lowest BCUT2D eigenvalue weighted by atomic mass is 9.45. The molecule has 49 heavy (non-hydrogen) atoms. The van der Waals surface area contributed by atoms with Crippen molar-refractivity contribution in [3.05, 3.63) is 47.5 Å². The highest BCUT2D eigenvalue weighted by Gasteiger charge is 2.57. The maximum absolute atomic E-state index is 14.2. The van der Waals surface area contributed by atoms with Crippen LogP contribution in [0.2, 0.25) is 0 Å². The quantitative estimate of drug-likeness (QED) is 0.174. The fraction of sp³-hybridized carbons (Fsp3) is 0.622. The van der Waals surface area contributed by atoms with Gasteiger partial charge in [-0.2, -0.15) is 5.06 Å². The summed E-state index contributed by atoms with van der Waals surface area (Å²) < 4.78 is 5.98. The molecule has 1 saturated heterocycles. The molecule has 0 spiro atoms. The summed E-state index contributed by atoms with van der Waals surface area (Å²) in [6, 6.07) is 10.1. The largest absolute Gasteiger partial charge is 0.496 e. The first kappa shape index (κ1) is 37.0. The van der Waals surface area contributed by atoms with Crippen LogP contribution in [0.4, 0.5) is 5.69 Å². The van der Waals surface area contributed by atoms with Crippen LogP contribution < -0.4 is 20.3 Å². The molecule has 1 aliphatic heterocycles. The van der Waals surface area contributed by atoms with Gasteiger partial charge in [0.2, 0.25) is 5.91 Å². The topological polar surface area (TPSA) is 164 Å². The molecular formula is C37H54N4O8. The predicted molar refractivity (Wildman–Crippen MR) is 186 cm³/mol. The number of hydroxylamine groups is 2. The fourth-order valence-electron chi connectivity index (χ4n) is 8.67. The van der Waals surface area contributed by atoms with Gasteiger partial charge >= 0.3 is 0 Å². The SMILES string of the molecule is CNC(=O)c1cc(-c2cccc(CN3O[C@@H](CO)[C@@H]([C@H](C)O)[C@H]3C(=O)N[C@H]3C[C@@H]4C[C@H]([C@@H]3C)C4(C)C)c2OC)cc(N(CCO)CCO)c1. The molecule has 4 aliphatic rings. The Labute approximate surface area is 289 Å². The van der Waals surface area contributed by atoms with Gasteiger partial charge in [0.25, 0.3) is 5.91 Å². The Morgan fingerprint density at radius 2 is 1.84 bits per heavy atom. The normalized spacial score (nSPS) is 28.0. The minimum absolute atomic E-state index is 0.0184. The summed E-state index contributed by atoms with van der Waals surface area (Å²) >= 11 is 0. The number of carbonyl (C=O) groups excluding carboxylic acids is 2. The van der Waals surface area contributed by atoms with Crippen molar-refractivity contribution in [2.24, 2.45) is 29.1 Å². The van der Waals surface area contributed by atoms with Crippen molar-refractivity contribution in [3.8, 4) is 16.9 Å². The number of para-hydroxylation sites is 1. The number of aliphatic hydroxyl groups excluding tert-OH is 4. The molecule has 8 atom stereocenters. The first-order chi connectivity index (χ1) is 23.4. The van der Waals surface area contributed by atoms with E-state index >= 15 is 0 Å². The number of carbonyl (C=O) groups is 2. The number of fused-ring (bicyclic) bond motifs is 2. The van der Waals surface area contributed by atoms with Gasteiger partial charge in [0.15, 0.2) is 0 Å². The maximum atomic E-state index is 14.2. The van der Waals surface area contributed by atoms with Crippen LogP contribution in [0.5, 0.6) is 5.75 Å². The molecule has 4 fully saturated rings. The third kappa shape index (κ3) is 7.17. The minimum atomic E-state index is -0.922. The van der Waals surface area contributed by atoms with Gasteiger partial charge in [-0.15, -0.1) is 0 Å². The number of anilines is 1. The second-order valence-electron chi connectivity index (χ2n) is 14.5. The van der Waals surface area contributed by atoms with E-state index in [1.165, 1.54) is 6.42 Å². The van der Waals surface area contributed by atoms with E-state index < -0.39 is 24.2 Å². The summed E-state index contributed by atoms with van der Waals surface area (Å²) in [5.41, 5.74) is 3.37. The molecule has 2 aromatic rings. The Bertz CT molecular complexity index is 1480. The number of methoxy groups -OCH3 is 1. The molecule has 1 heterocycles. The standard InChI is InChI=1S/C37H54N4O8/c1-21-29-17-26(37(29,3)4)18-30(21)39-36(47)33-32(22(2)45)31(20-44)49-41(33)19-23-8-7-9-28(34(23)48-6)24-14-25(35(46)38-5)16-27(15-24)40(10-12-42)11-13-43/h7-9,14-16,21-22,26,29-33,42-45H,10-13,17-20H2,1-6H3,(H,38,46)(H,39,47)/t21-,22-,26-,29+,30-,31-,32+,33-/m0/s1. The second-order valence-corrected chi connectivity index (χ2v) is 14.5. The van der Waals surface area contributed by atoms with Gasteiger partial charge in [0, 0.05) is 54.5 Å². The highest BCUT2D eigenvalue weighted by atomic mass is 16.7. The minimum Gasteiger partial charge on any atom is -0.496 e. The van der Waals surface area contributed by atoms with Crippen LogP contribution in [-0.4, -0.2) is 109 Å². The third-order valence-electron chi connectivity index (χ3n) is 11.5. The molecule has 0 unspecified atom stereocenters. The molecule has 0 aromatic heterocycles. The van der Waals surface area contributed by atoms with Crippen LogP contribution in [0.15, 0.2) is 36.4 Å². The van der Waals surface area contributed by atoms with E-state index in [0.29, 0.717) is 51.4 Å². The Morgan fingerprint density at radius 1 is 1.12 bits per heavy atom. The molecule has 2 bridgehead atoms. The smallest absolute Gasteiger partial charge is 0.251 e. The molecule has 2 amide bonds. The summed E-state index contributed by atoms with van der Waals surface area (Å²) in [6.45, 7) is 8.49. The number of rotatable bonds is 14. The van der Waals surface area contributed by atoms with Crippen LogP contribution in [-0.2, 0) is 16.2 Å². The average molecular weight is 683 g/mol. The van der Waals surface area contributed by atoms with Crippen LogP contribution in [0.1, 0.15) is 56.5 Å². The Kier molecular flexibility index (Phi) is 11.6. The zero-order valence-corrected chi connectivity index (χ0v) is 29.6. The summed E-state index contributed by atoms with van der Waals surface area (Å²) in [4.78, 5) is 35.0. The van der Waals surface area contributed by atoms with E-state index in [-0.39, 0.29) is 62.7 Å². The van der Waals surface area contributed by atoms with E-state index in [4.69, 9.17) is 9.57 Å². The molecule has 3 aliphatic carbocycles. The van der Waals surface area contributed by atoms with E-state index in [0.717, 1.165) is 6.42 Å². The molecule has 3 saturated carbocycles. The summed E-state index contributed by atoms with van der Waals surface area (Å²) in [5.74, 6) is 0.726. The first-order valence-corrected chi connectivity index (χ1v) is 17.4. The maximum Gasteiger partial charge on any atom is 0.251 e. The van der Waals surface area contributed by atoms with E-state index in [1.54, 1.807) is 43.2 Å². The Hall–Kier alpha value is -3.26. The predicted octanol–water partition coefficient (Wildman–Crippen LogP) is 2.17. The number of aliphatic hydroxyl groups is 4. The first-order valence-electron chi connectivity index (χ1n) is 17.4. The van der Waals surface area contributed by atoms with Crippen molar-refractivity contribution < 1.29 is 39.6 Å². The van der Waals surface area contributed by atoms with Gasteiger partial charge in [-0.25, -0.2) is 0 Å². The summed E-state index contributed by atoms with van der Waals surface area (Å²) in [5, 5.41) is 48.1. The lowest BCUT2D eigenvalue weighted by Gasteiger charge is -2.62. The van der Waals surface area contributed by atoms with Crippen LogP contribution in [0, 0.1) is 29.1 Å². The van der Waals surface area contributed by atoms with Gasteiger partial charge in [0.1, 0.15) is 17.9 Å². The van der Waals surface area contributed by atoms with Gasteiger partial charge in [-0.3, -0.25) is 14.4 Å². The number of nitrogens with one attached hydrogen (secondary N) is 2. The number of amides is 2. The van der Waals surface area contributed by atoms with Crippen molar-refractivity contribution in [2.45, 2.75) is 71.4 Å². The van der Waals surface area contributed by atoms with Gasteiger partial charge < -0.3 is 40.7 Å². The second kappa shape index (κ2) is 15.3. The number of nitrogens with zero attached hydrogens (tertiary/aromatic N) is 2. The van der Waals surface area contributed by atoms with Gasteiger partial charge in [-0.05, 0) is 66.7 Å². The average Bonchev–Trinajstić information content (AvgIpc) is 3.46. The molecule has 2 aromatic carbocycles. The number of ether oxygens (including phenoxy) is 1. The molecule has 12 heteroatoms. The van der Waals surface area contributed by atoms with Crippen molar-refractivity contribution in [1.82, 2.24) is 15.7 Å². The number of hydrogen-bond acceptors (Lipinski definition) is 10. The number of benzene rings is 2. The molecule has 270 valence electrons. The van der Waals surface area contributed by atoms with Crippen molar-refractivity contribution in [3.63, 3.8) is 0 Å². The van der Waals surface area contributed by atoms with Gasteiger partial charge in [0.05, 0.1) is 39.6 Å². The molecule has 6 rings (SSSR count). The van der Waals surface area contributed by atoms with Crippen molar-refractivity contribution in [2.75, 3.05) is 52.0 Å². The zero-order chi connectivity index (χ0) is 35.6. The lowest BCUT2D eigenvalue weighted by molar-refractivity contribution is -0.183. The van der Waals surface area contributed by atoms with Crippen LogP contribution in [0.25, 0.3) is 11.1 Å². The van der Waals surface area contributed by atoms with Crippen molar-refractivity contribution in [1.29, 1.82) is 0 Å². The highest BCUT2D eigenvalue weighted by molar-refractivity contribution is 5.97. The van der Waals surface area contributed by atoms with Gasteiger partial charge in [-0.1, -0.05) is 39.0 Å². The highest BCUT2D eigenvalue weighted by Crippen LogP contribution is 2.61. The number of hydrogen-bond donors (Lipinski definition) is 6. The summed E-state index contributed by atoms with van der Waals surface area (Å²) in [7, 11) is 3.10. The Morgan fingerprint density at radius 3 is 2.41 bits per heavy atom. The van der Waals surface area contributed by atoms with E-state index in [1.807, 2.05) is 24.3 Å². The molecular weight excluding hydrogens is 628 g/mol. The molecule has 12 nitrogen and oxygen atoms in total. The van der Waals surface area contributed by atoms with E-state index in [2.05, 4.69) is 31.4 Å². The van der Waals surface area contributed by atoms with Crippen LogP contribution in [0.3, 0.4) is 0 Å². The molecule has 6 N–H and O–H groups in total. The summed E-state index contributed by atoms with van der Waals surface area (Å²) in [6.07, 6.45) is 0.395. The van der Waals surface area contributed by atoms with Crippen LogP contribution >= 0.6 is 0 Å².